The molecule has 21 heavy (non-hydrogen) atoms. The molecule has 4 heteroatoms. The lowest BCUT2D eigenvalue weighted by molar-refractivity contribution is 0.137. The van der Waals surface area contributed by atoms with Crippen molar-refractivity contribution < 1.29 is 0 Å². The van der Waals surface area contributed by atoms with Crippen molar-refractivity contribution in [1.82, 2.24) is 10.2 Å². The van der Waals surface area contributed by atoms with E-state index in [1.165, 1.54) is 14.2 Å². The molecule has 1 aromatic heterocycles. The molecule has 0 spiro atoms. The standard InChI is InChI=1S/C17H21BrN2S/c1-13-12-20(10-9-15-7-8-17(18)21-15)16(11-19-13)14-5-3-2-4-6-14/h2-8,13,16,19H,9-12H2,1H3. The first-order valence-electron chi connectivity index (χ1n) is 7.49. The highest BCUT2D eigenvalue weighted by molar-refractivity contribution is 9.11. The van der Waals surface area contributed by atoms with Gasteiger partial charge in [0.15, 0.2) is 0 Å². The van der Waals surface area contributed by atoms with Crippen LogP contribution < -0.4 is 5.32 Å². The second kappa shape index (κ2) is 7.05. The third-order valence-electron chi connectivity index (χ3n) is 4.07. The maximum atomic E-state index is 3.62. The van der Waals surface area contributed by atoms with E-state index in [1.54, 1.807) is 0 Å². The third-order valence-corrected chi connectivity index (χ3v) is 5.75. The average Bonchev–Trinajstić information content (AvgIpc) is 2.92. The molecule has 2 nitrogen and oxygen atoms in total. The molecule has 1 N–H and O–H groups in total. The molecule has 0 radical (unpaired) electrons. The summed E-state index contributed by atoms with van der Waals surface area (Å²) in [6, 6.07) is 16.3. The summed E-state index contributed by atoms with van der Waals surface area (Å²) >= 11 is 5.40. The minimum Gasteiger partial charge on any atom is -0.311 e. The van der Waals surface area contributed by atoms with Gasteiger partial charge in [-0.15, -0.1) is 11.3 Å². The van der Waals surface area contributed by atoms with Crippen molar-refractivity contribution in [2.45, 2.75) is 25.4 Å². The molecule has 2 unspecified atom stereocenters. The summed E-state index contributed by atoms with van der Waals surface area (Å²) in [6.45, 7) is 5.56. The third kappa shape index (κ3) is 3.95. The van der Waals surface area contributed by atoms with E-state index >= 15 is 0 Å². The normalized spacial score (nSPS) is 23.3. The molecular formula is C17H21BrN2S. The molecule has 0 amide bonds. The molecule has 1 aliphatic heterocycles. The topological polar surface area (TPSA) is 15.3 Å². The summed E-state index contributed by atoms with van der Waals surface area (Å²) in [4.78, 5) is 4.09. The van der Waals surface area contributed by atoms with Gasteiger partial charge in [0.1, 0.15) is 0 Å². The van der Waals surface area contributed by atoms with Gasteiger partial charge in [-0.1, -0.05) is 30.3 Å². The van der Waals surface area contributed by atoms with E-state index < -0.39 is 0 Å². The quantitative estimate of drug-likeness (QED) is 0.878. The Kier molecular flexibility index (Phi) is 5.11. The molecule has 1 saturated heterocycles. The first-order chi connectivity index (χ1) is 10.2. The van der Waals surface area contributed by atoms with Crippen molar-refractivity contribution in [3.63, 3.8) is 0 Å². The van der Waals surface area contributed by atoms with Crippen molar-refractivity contribution in [2.75, 3.05) is 19.6 Å². The van der Waals surface area contributed by atoms with Gasteiger partial charge in [0.25, 0.3) is 0 Å². The Morgan fingerprint density at radius 1 is 1.24 bits per heavy atom. The van der Waals surface area contributed by atoms with Gasteiger partial charge in [-0.3, -0.25) is 4.90 Å². The number of rotatable bonds is 4. The van der Waals surface area contributed by atoms with Crippen LogP contribution >= 0.6 is 27.3 Å². The van der Waals surface area contributed by atoms with Gasteiger partial charge in [0, 0.05) is 36.6 Å². The SMILES string of the molecule is CC1CN(CCc2ccc(Br)s2)C(c2ccccc2)CN1. The molecule has 112 valence electrons. The fourth-order valence-corrected chi connectivity index (χ4v) is 4.45. The zero-order valence-electron chi connectivity index (χ0n) is 12.3. The molecular weight excluding hydrogens is 344 g/mol. The number of hydrogen-bond donors (Lipinski definition) is 1. The van der Waals surface area contributed by atoms with Crippen LogP contribution in [0.4, 0.5) is 0 Å². The highest BCUT2D eigenvalue weighted by Crippen LogP contribution is 2.26. The molecule has 1 aliphatic rings. The van der Waals surface area contributed by atoms with E-state index in [4.69, 9.17) is 0 Å². The Bertz CT molecular complexity index is 569. The predicted molar refractivity (Wildman–Crippen MR) is 93.9 cm³/mol. The summed E-state index contributed by atoms with van der Waals surface area (Å²) in [5.74, 6) is 0. The van der Waals surface area contributed by atoms with E-state index in [0.29, 0.717) is 12.1 Å². The van der Waals surface area contributed by atoms with Crippen LogP contribution in [0.3, 0.4) is 0 Å². The Morgan fingerprint density at radius 3 is 2.76 bits per heavy atom. The average molecular weight is 365 g/mol. The number of halogens is 1. The van der Waals surface area contributed by atoms with E-state index in [-0.39, 0.29) is 0 Å². The monoisotopic (exact) mass is 364 g/mol. The predicted octanol–water partition coefficient (Wildman–Crippen LogP) is 4.09. The maximum Gasteiger partial charge on any atom is 0.0701 e. The van der Waals surface area contributed by atoms with Crippen LogP contribution in [0.5, 0.6) is 0 Å². The molecule has 2 heterocycles. The second-order valence-corrected chi connectivity index (χ2v) is 8.23. The van der Waals surface area contributed by atoms with Crippen LogP contribution in [0.1, 0.15) is 23.4 Å². The van der Waals surface area contributed by atoms with E-state index in [0.717, 1.165) is 26.1 Å². The highest BCUT2D eigenvalue weighted by Gasteiger charge is 2.26. The lowest BCUT2D eigenvalue weighted by atomic mass is 10.0. The van der Waals surface area contributed by atoms with Crippen LogP contribution in [-0.2, 0) is 6.42 Å². The molecule has 2 aromatic rings. The fraction of sp³-hybridized carbons (Fsp3) is 0.412. The van der Waals surface area contributed by atoms with E-state index in [9.17, 15) is 0 Å². The smallest absolute Gasteiger partial charge is 0.0701 e. The molecule has 0 bridgehead atoms. The van der Waals surface area contributed by atoms with Crippen LogP contribution in [0.15, 0.2) is 46.3 Å². The van der Waals surface area contributed by atoms with E-state index in [2.05, 4.69) is 75.5 Å². The lowest BCUT2D eigenvalue weighted by Crippen LogP contribution is -2.51. The Morgan fingerprint density at radius 2 is 2.05 bits per heavy atom. The Labute approximate surface area is 139 Å². The number of thiophene rings is 1. The fourth-order valence-electron chi connectivity index (χ4n) is 2.98. The van der Waals surface area contributed by atoms with Gasteiger partial charge < -0.3 is 5.32 Å². The Balaban J connectivity index is 1.69. The molecule has 2 atom stereocenters. The van der Waals surface area contributed by atoms with Crippen LogP contribution in [0.25, 0.3) is 0 Å². The number of nitrogens with zero attached hydrogens (tertiary/aromatic N) is 1. The number of benzene rings is 1. The number of nitrogens with one attached hydrogen (secondary N) is 1. The van der Waals surface area contributed by atoms with Crippen molar-refractivity contribution in [3.05, 3.63) is 56.7 Å². The zero-order chi connectivity index (χ0) is 14.7. The first-order valence-corrected chi connectivity index (χ1v) is 9.10. The highest BCUT2D eigenvalue weighted by atomic mass is 79.9. The number of hydrogen-bond acceptors (Lipinski definition) is 3. The van der Waals surface area contributed by atoms with Crippen LogP contribution in [0.2, 0.25) is 0 Å². The summed E-state index contributed by atoms with van der Waals surface area (Å²) in [7, 11) is 0. The zero-order valence-corrected chi connectivity index (χ0v) is 14.7. The molecule has 1 fully saturated rings. The summed E-state index contributed by atoms with van der Waals surface area (Å²) in [6.07, 6.45) is 1.13. The largest absolute Gasteiger partial charge is 0.311 e. The molecule has 1 aromatic carbocycles. The van der Waals surface area contributed by atoms with Gasteiger partial charge in [0.05, 0.1) is 3.79 Å². The van der Waals surface area contributed by atoms with Crippen LogP contribution in [0, 0.1) is 0 Å². The van der Waals surface area contributed by atoms with Gasteiger partial charge in [-0.2, -0.15) is 0 Å². The lowest BCUT2D eigenvalue weighted by Gasteiger charge is -2.39. The van der Waals surface area contributed by atoms with Gasteiger partial charge in [0.2, 0.25) is 0 Å². The van der Waals surface area contributed by atoms with E-state index in [1.807, 2.05) is 11.3 Å². The van der Waals surface area contributed by atoms with Gasteiger partial charge >= 0.3 is 0 Å². The van der Waals surface area contributed by atoms with Crippen molar-refractivity contribution >= 4 is 27.3 Å². The van der Waals surface area contributed by atoms with Crippen LogP contribution in [-0.4, -0.2) is 30.6 Å². The second-order valence-electron chi connectivity index (χ2n) is 5.69. The van der Waals surface area contributed by atoms with Gasteiger partial charge in [-0.25, -0.2) is 0 Å². The molecule has 0 aliphatic carbocycles. The summed E-state index contributed by atoms with van der Waals surface area (Å²) < 4.78 is 1.23. The van der Waals surface area contributed by atoms with Crippen molar-refractivity contribution in [1.29, 1.82) is 0 Å². The number of piperazine rings is 1. The molecule has 0 saturated carbocycles. The van der Waals surface area contributed by atoms with Gasteiger partial charge in [-0.05, 0) is 47.0 Å². The maximum absolute atomic E-state index is 3.62. The first kappa shape index (κ1) is 15.2. The minimum absolute atomic E-state index is 0.491. The molecule has 3 rings (SSSR count). The Hall–Kier alpha value is -0.680. The summed E-state index contributed by atoms with van der Waals surface area (Å²) in [5.41, 5.74) is 1.42. The summed E-state index contributed by atoms with van der Waals surface area (Å²) in [5, 5.41) is 3.62. The minimum atomic E-state index is 0.491. The van der Waals surface area contributed by atoms with Crippen molar-refractivity contribution in [3.8, 4) is 0 Å². The van der Waals surface area contributed by atoms with Crippen molar-refractivity contribution in [2.24, 2.45) is 0 Å².